The Labute approximate surface area is 129 Å². The molecule has 0 saturated carbocycles. The fourth-order valence-electron chi connectivity index (χ4n) is 3.57. The van der Waals surface area contributed by atoms with Crippen LogP contribution < -0.4 is 0 Å². The lowest BCUT2D eigenvalue weighted by Gasteiger charge is -2.37. The van der Waals surface area contributed by atoms with Crippen molar-refractivity contribution < 1.29 is 9.59 Å². The first-order valence-electron chi connectivity index (χ1n) is 7.85. The second-order valence-corrected chi connectivity index (χ2v) is 6.35. The molecule has 2 amide bonds. The van der Waals surface area contributed by atoms with Gasteiger partial charge in [-0.15, -0.1) is 5.10 Å². The van der Waals surface area contributed by atoms with Gasteiger partial charge in [-0.2, -0.15) is 0 Å². The Balaban J connectivity index is 1.51. The number of nitrogens with zero attached hydrogens (tertiary/aromatic N) is 6. The number of tetrazole rings is 1. The topological polar surface area (TPSA) is 84.2 Å². The van der Waals surface area contributed by atoms with Crippen LogP contribution in [-0.2, 0) is 16.1 Å². The van der Waals surface area contributed by atoms with Crippen molar-refractivity contribution in [3.8, 4) is 0 Å². The summed E-state index contributed by atoms with van der Waals surface area (Å²) in [5, 5.41) is 10.9. The molecule has 1 spiro atoms. The first kappa shape index (κ1) is 14.9. The summed E-state index contributed by atoms with van der Waals surface area (Å²) >= 11 is 0. The highest BCUT2D eigenvalue weighted by atomic mass is 16.2. The summed E-state index contributed by atoms with van der Waals surface area (Å²) < 4.78 is 1.62. The fraction of sp³-hybridized carbons (Fsp3) is 0.786. The summed E-state index contributed by atoms with van der Waals surface area (Å²) in [6, 6.07) is 0. The van der Waals surface area contributed by atoms with E-state index in [1.165, 1.54) is 0 Å². The lowest BCUT2D eigenvalue weighted by Crippen LogP contribution is -2.48. The molecule has 120 valence electrons. The molecule has 0 aliphatic carbocycles. The minimum atomic E-state index is -0.321. The van der Waals surface area contributed by atoms with Gasteiger partial charge in [-0.1, -0.05) is 0 Å². The predicted molar refractivity (Wildman–Crippen MR) is 77.6 cm³/mol. The molecule has 1 aromatic heterocycles. The molecule has 2 aliphatic heterocycles. The maximum atomic E-state index is 12.4. The predicted octanol–water partition coefficient (Wildman–Crippen LogP) is -0.0758. The number of carbonyl (C=O) groups is 2. The second kappa shape index (κ2) is 6.02. The van der Waals surface area contributed by atoms with Crippen LogP contribution in [0.4, 0.5) is 0 Å². The highest BCUT2D eigenvalue weighted by molar-refractivity contribution is 5.85. The Morgan fingerprint density at radius 3 is 3.00 bits per heavy atom. The third-order valence-electron chi connectivity index (χ3n) is 4.83. The van der Waals surface area contributed by atoms with Gasteiger partial charge in [0.05, 0.1) is 5.41 Å². The summed E-state index contributed by atoms with van der Waals surface area (Å²) in [5.41, 5.74) is -0.321. The van der Waals surface area contributed by atoms with Crippen LogP contribution in [0.25, 0.3) is 0 Å². The molecule has 8 nitrogen and oxygen atoms in total. The van der Waals surface area contributed by atoms with E-state index in [1.807, 2.05) is 16.8 Å². The highest BCUT2D eigenvalue weighted by Gasteiger charge is 2.48. The van der Waals surface area contributed by atoms with Gasteiger partial charge in [0, 0.05) is 39.6 Å². The number of hydrogen-bond acceptors (Lipinski definition) is 5. The summed E-state index contributed by atoms with van der Waals surface area (Å²) in [4.78, 5) is 28.4. The molecule has 0 bridgehead atoms. The summed E-state index contributed by atoms with van der Waals surface area (Å²) in [5.74, 6) is 0.341. The van der Waals surface area contributed by atoms with E-state index in [0.29, 0.717) is 32.5 Å². The smallest absolute Gasteiger partial charge is 0.230 e. The standard InChI is InChI=1S/C14H22N6O2/c1-18-7-3-5-14(13(18)22)6-9-19(10-14)12(21)4-2-8-20-11-15-16-17-20/h11H,2-10H2,1H3/t14-/m1/s1. The van der Waals surface area contributed by atoms with Crippen LogP contribution in [0.15, 0.2) is 6.33 Å². The van der Waals surface area contributed by atoms with E-state index >= 15 is 0 Å². The summed E-state index contributed by atoms with van der Waals surface area (Å²) in [7, 11) is 1.86. The van der Waals surface area contributed by atoms with Crippen molar-refractivity contribution in [1.82, 2.24) is 30.0 Å². The number of hydrogen-bond donors (Lipinski definition) is 0. The number of piperidine rings is 1. The number of likely N-dealkylation sites (tertiary alicyclic amines) is 2. The number of rotatable bonds is 4. The Kier molecular flexibility index (Phi) is 4.08. The number of aromatic nitrogens is 4. The fourth-order valence-corrected chi connectivity index (χ4v) is 3.57. The molecule has 2 saturated heterocycles. The van der Waals surface area contributed by atoms with Crippen LogP contribution in [-0.4, -0.2) is 68.5 Å². The van der Waals surface area contributed by atoms with Gasteiger partial charge in [0.2, 0.25) is 11.8 Å². The third kappa shape index (κ3) is 2.82. The Morgan fingerprint density at radius 2 is 2.23 bits per heavy atom. The number of aryl methyl sites for hydroxylation is 1. The third-order valence-corrected chi connectivity index (χ3v) is 4.83. The average Bonchev–Trinajstić information content (AvgIpc) is 3.15. The largest absolute Gasteiger partial charge is 0.345 e. The maximum Gasteiger partial charge on any atom is 0.230 e. The molecule has 3 heterocycles. The van der Waals surface area contributed by atoms with Gasteiger partial charge in [-0.05, 0) is 36.1 Å². The molecule has 8 heteroatoms. The van der Waals surface area contributed by atoms with Crippen molar-refractivity contribution >= 4 is 11.8 Å². The van der Waals surface area contributed by atoms with Gasteiger partial charge in [-0.25, -0.2) is 4.68 Å². The summed E-state index contributed by atoms with van der Waals surface area (Å²) in [6.07, 6.45) is 5.47. The highest BCUT2D eigenvalue weighted by Crippen LogP contribution is 2.39. The zero-order valence-electron chi connectivity index (χ0n) is 12.9. The van der Waals surface area contributed by atoms with Crippen molar-refractivity contribution in [2.45, 2.75) is 38.6 Å². The van der Waals surface area contributed by atoms with Crippen molar-refractivity contribution in [1.29, 1.82) is 0 Å². The van der Waals surface area contributed by atoms with E-state index in [2.05, 4.69) is 15.5 Å². The molecule has 1 aromatic rings. The van der Waals surface area contributed by atoms with E-state index in [-0.39, 0.29) is 17.2 Å². The molecule has 2 aliphatic rings. The lowest BCUT2D eigenvalue weighted by atomic mass is 9.78. The zero-order chi connectivity index (χ0) is 15.6. The minimum Gasteiger partial charge on any atom is -0.345 e. The quantitative estimate of drug-likeness (QED) is 0.777. The van der Waals surface area contributed by atoms with E-state index in [9.17, 15) is 9.59 Å². The van der Waals surface area contributed by atoms with Gasteiger partial charge in [0.1, 0.15) is 6.33 Å². The van der Waals surface area contributed by atoms with Crippen LogP contribution >= 0.6 is 0 Å². The van der Waals surface area contributed by atoms with Crippen LogP contribution in [0, 0.1) is 5.41 Å². The second-order valence-electron chi connectivity index (χ2n) is 6.35. The van der Waals surface area contributed by atoms with E-state index in [4.69, 9.17) is 0 Å². The molecule has 22 heavy (non-hydrogen) atoms. The number of amides is 2. The van der Waals surface area contributed by atoms with Crippen LogP contribution in [0.3, 0.4) is 0 Å². The van der Waals surface area contributed by atoms with Crippen molar-refractivity contribution in [3.63, 3.8) is 0 Å². The van der Waals surface area contributed by atoms with Crippen molar-refractivity contribution in [2.24, 2.45) is 5.41 Å². The first-order valence-corrected chi connectivity index (χ1v) is 7.85. The molecule has 0 N–H and O–H groups in total. The Morgan fingerprint density at radius 1 is 1.36 bits per heavy atom. The first-order chi connectivity index (χ1) is 10.6. The molecule has 0 aromatic carbocycles. The SMILES string of the molecule is CN1CCC[C@]2(CCN(C(=O)CCCn3cnnn3)C2)C1=O. The van der Waals surface area contributed by atoms with E-state index in [0.717, 1.165) is 25.8 Å². The van der Waals surface area contributed by atoms with Crippen molar-refractivity contribution in [3.05, 3.63) is 6.33 Å². The molecule has 2 fully saturated rings. The Hall–Kier alpha value is -1.99. The normalized spacial score (nSPS) is 25.2. The maximum absolute atomic E-state index is 12.4. The van der Waals surface area contributed by atoms with Gasteiger partial charge >= 0.3 is 0 Å². The molecule has 0 radical (unpaired) electrons. The molecule has 3 rings (SSSR count). The van der Waals surface area contributed by atoms with E-state index in [1.54, 1.807) is 11.0 Å². The van der Waals surface area contributed by atoms with Gasteiger partial charge < -0.3 is 9.80 Å². The molecule has 1 atom stereocenters. The average molecular weight is 306 g/mol. The van der Waals surface area contributed by atoms with Crippen LogP contribution in [0.5, 0.6) is 0 Å². The zero-order valence-corrected chi connectivity index (χ0v) is 12.9. The Bertz CT molecular complexity index is 546. The van der Waals surface area contributed by atoms with Gasteiger partial charge in [-0.3, -0.25) is 9.59 Å². The molecular weight excluding hydrogens is 284 g/mol. The lowest BCUT2D eigenvalue weighted by molar-refractivity contribution is -0.144. The van der Waals surface area contributed by atoms with Crippen molar-refractivity contribution in [2.75, 3.05) is 26.7 Å². The van der Waals surface area contributed by atoms with E-state index < -0.39 is 0 Å². The minimum absolute atomic E-state index is 0.131. The number of carbonyl (C=O) groups excluding carboxylic acids is 2. The van der Waals surface area contributed by atoms with Gasteiger partial charge in [0.15, 0.2) is 0 Å². The molecular formula is C14H22N6O2. The van der Waals surface area contributed by atoms with Crippen LogP contribution in [0.1, 0.15) is 32.1 Å². The van der Waals surface area contributed by atoms with Gasteiger partial charge in [0.25, 0.3) is 0 Å². The summed E-state index contributed by atoms with van der Waals surface area (Å²) in [6.45, 7) is 2.75. The molecule has 0 unspecified atom stereocenters. The monoisotopic (exact) mass is 306 g/mol. The van der Waals surface area contributed by atoms with Crippen LogP contribution in [0.2, 0.25) is 0 Å².